The largest absolute Gasteiger partial charge is 0.457 e. The number of amidine groups is 1. The van der Waals surface area contributed by atoms with Gasteiger partial charge in [0.2, 0.25) is 6.17 Å². The van der Waals surface area contributed by atoms with E-state index < -0.39 is 6.17 Å². The van der Waals surface area contributed by atoms with Crippen LogP contribution >= 0.6 is 23.4 Å². The van der Waals surface area contributed by atoms with Crippen LogP contribution in [0.1, 0.15) is 18.8 Å². The second kappa shape index (κ2) is 7.66. The van der Waals surface area contributed by atoms with E-state index in [1.807, 2.05) is 67.6 Å². The van der Waals surface area contributed by atoms with Crippen LogP contribution in [0.15, 0.2) is 75.2 Å². The maximum atomic E-state index is 13.0. The molecule has 0 radical (unpaired) electrons. The van der Waals surface area contributed by atoms with Crippen molar-refractivity contribution in [2.75, 3.05) is 5.75 Å². The van der Waals surface area contributed by atoms with Gasteiger partial charge in [-0.15, -0.1) is 5.10 Å². The number of rotatable bonds is 3. The molecule has 1 atom stereocenters. The highest BCUT2D eigenvalue weighted by molar-refractivity contribution is 8.13. The molecule has 5 rings (SSSR count). The van der Waals surface area contributed by atoms with Gasteiger partial charge < -0.3 is 4.42 Å². The summed E-state index contributed by atoms with van der Waals surface area (Å²) in [5.41, 5.74) is 1.26. The minimum Gasteiger partial charge on any atom is -0.457 e. The number of para-hydroxylation sites is 1. The Hall–Kier alpha value is -3.03. The average molecular weight is 437 g/mol. The predicted molar refractivity (Wildman–Crippen MR) is 118 cm³/mol. The van der Waals surface area contributed by atoms with Gasteiger partial charge >= 0.3 is 0 Å². The van der Waals surface area contributed by atoms with Gasteiger partial charge in [-0.1, -0.05) is 60.6 Å². The predicted octanol–water partition coefficient (Wildman–Crippen LogP) is 3.50. The van der Waals surface area contributed by atoms with Crippen LogP contribution in [0.3, 0.4) is 0 Å². The molecule has 8 heteroatoms. The number of carbonyl (C=O) groups is 1. The monoisotopic (exact) mass is 436 g/mol. The van der Waals surface area contributed by atoms with Crippen LogP contribution in [0, 0.1) is 0 Å². The van der Waals surface area contributed by atoms with Crippen LogP contribution in [0.4, 0.5) is 0 Å². The normalized spacial score (nSPS) is 17.6. The minimum absolute atomic E-state index is 0.203. The van der Waals surface area contributed by atoms with Crippen molar-refractivity contribution in [3.05, 3.63) is 82.0 Å². The van der Waals surface area contributed by atoms with E-state index >= 15 is 0 Å². The Labute approximate surface area is 181 Å². The number of halogens is 1. The number of hydrazone groups is 1. The first kappa shape index (κ1) is 19.0. The SMILES string of the molecule is CCSC1=NN2C(=c3ccccc3=NC2c2ccc(-c3ccccc3Cl)o2)C(=O)N1. The summed E-state index contributed by atoms with van der Waals surface area (Å²) in [7, 11) is 0. The second-order valence-corrected chi connectivity index (χ2v) is 8.35. The fourth-order valence-electron chi connectivity index (χ4n) is 3.51. The zero-order valence-electron chi connectivity index (χ0n) is 16.0. The van der Waals surface area contributed by atoms with Crippen LogP contribution in [0.25, 0.3) is 17.0 Å². The van der Waals surface area contributed by atoms with Crippen molar-refractivity contribution in [3.8, 4) is 11.3 Å². The highest BCUT2D eigenvalue weighted by Gasteiger charge is 2.35. The Bertz CT molecular complexity index is 1300. The fourth-order valence-corrected chi connectivity index (χ4v) is 4.32. The molecule has 0 aliphatic carbocycles. The van der Waals surface area contributed by atoms with E-state index in [0.717, 1.165) is 21.9 Å². The van der Waals surface area contributed by atoms with Crippen molar-refractivity contribution < 1.29 is 9.21 Å². The molecule has 150 valence electrons. The molecule has 1 amide bonds. The van der Waals surface area contributed by atoms with Crippen molar-refractivity contribution in [1.29, 1.82) is 0 Å². The number of amides is 1. The quantitative estimate of drug-likeness (QED) is 0.682. The highest BCUT2D eigenvalue weighted by Crippen LogP contribution is 2.35. The topological polar surface area (TPSA) is 70.2 Å². The number of fused-ring (bicyclic) bond motifs is 2. The molecule has 30 heavy (non-hydrogen) atoms. The lowest BCUT2D eigenvalue weighted by Gasteiger charge is -2.32. The highest BCUT2D eigenvalue weighted by atomic mass is 35.5. The van der Waals surface area contributed by atoms with Gasteiger partial charge in [-0.2, -0.15) is 0 Å². The molecular weight excluding hydrogens is 420 g/mol. The summed E-state index contributed by atoms with van der Waals surface area (Å²) in [5, 5.41) is 11.8. The van der Waals surface area contributed by atoms with Crippen molar-refractivity contribution in [3.63, 3.8) is 0 Å². The van der Waals surface area contributed by atoms with Gasteiger partial charge in [0.05, 0.1) is 10.4 Å². The van der Waals surface area contributed by atoms with E-state index in [9.17, 15) is 4.79 Å². The summed E-state index contributed by atoms with van der Waals surface area (Å²) in [6, 6.07) is 18.8. The molecule has 0 fully saturated rings. The van der Waals surface area contributed by atoms with Gasteiger partial charge in [0.25, 0.3) is 5.91 Å². The average Bonchev–Trinajstić information content (AvgIpc) is 3.23. The minimum atomic E-state index is -0.593. The van der Waals surface area contributed by atoms with Crippen LogP contribution < -0.4 is 15.9 Å². The summed E-state index contributed by atoms with van der Waals surface area (Å²) in [5.74, 6) is 1.81. The lowest BCUT2D eigenvalue weighted by Crippen LogP contribution is -2.50. The summed E-state index contributed by atoms with van der Waals surface area (Å²) in [4.78, 5) is 17.8. The lowest BCUT2D eigenvalue weighted by atomic mass is 10.1. The second-order valence-electron chi connectivity index (χ2n) is 6.69. The van der Waals surface area contributed by atoms with Crippen molar-refractivity contribution in [2.45, 2.75) is 13.1 Å². The molecule has 3 aromatic rings. The van der Waals surface area contributed by atoms with Gasteiger partial charge in [-0.3, -0.25) is 10.1 Å². The Morgan fingerprint density at radius 1 is 1.13 bits per heavy atom. The molecule has 0 saturated carbocycles. The molecule has 3 heterocycles. The summed E-state index contributed by atoms with van der Waals surface area (Å²) < 4.78 is 6.14. The zero-order valence-corrected chi connectivity index (χ0v) is 17.6. The van der Waals surface area contributed by atoms with E-state index in [1.54, 1.807) is 5.01 Å². The molecule has 1 unspecified atom stereocenters. The maximum Gasteiger partial charge on any atom is 0.276 e. The first-order valence-corrected chi connectivity index (χ1v) is 10.9. The molecule has 0 saturated heterocycles. The molecule has 1 aromatic heterocycles. The summed E-state index contributed by atoms with van der Waals surface area (Å²) in [6.45, 7) is 2.01. The molecule has 2 aliphatic heterocycles. The zero-order chi connectivity index (χ0) is 20.7. The van der Waals surface area contributed by atoms with E-state index in [1.165, 1.54) is 11.8 Å². The van der Waals surface area contributed by atoms with Gasteiger partial charge in [0, 0.05) is 10.8 Å². The number of furan rings is 1. The summed E-state index contributed by atoms with van der Waals surface area (Å²) in [6.07, 6.45) is -0.593. The molecule has 1 N–H and O–H groups in total. The number of thioether (sulfide) groups is 1. The number of nitrogens with one attached hydrogen (secondary N) is 1. The molecule has 2 aliphatic rings. The molecule has 0 spiro atoms. The summed E-state index contributed by atoms with van der Waals surface area (Å²) >= 11 is 7.80. The van der Waals surface area contributed by atoms with Gasteiger partial charge in [-0.05, 0) is 36.1 Å². The number of hydrogen-bond donors (Lipinski definition) is 1. The van der Waals surface area contributed by atoms with E-state index in [2.05, 4.69) is 10.4 Å². The maximum absolute atomic E-state index is 13.0. The third-order valence-electron chi connectivity index (χ3n) is 4.82. The Kier molecular flexibility index (Phi) is 4.84. The molecular formula is C22H17ClN4O2S. The van der Waals surface area contributed by atoms with Crippen LogP contribution in [-0.4, -0.2) is 21.8 Å². The number of hydrogen-bond acceptors (Lipinski definition) is 6. The first-order chi connectivity index (χ1) is 14.7. The molecule has 2 aromatic carbocycles. The Balaban J connectivity index is 1.66. The lowest BCUT2D eigenvalue weighted by molar-refractivity contribution is -0.116. The third-order valence-corrected chi connectivity index (χ3v) is 5.89. The molecule has 6 nitrogen and oxygen atoms in total. The van der Waals surface area contributed by atoms with Crippen LogP contribution in [0.5, 0.6) is 0 Å². The standard InChI is InChI=1S/C22H17ClN4O2S/c1-2-30-22-25-21(28)19-14-8-4-6-10-16(14)24-20(27(19)26-22)18-12-11-17(29-18)13-7-3-5-9-15(13)23/h3-12,20H,2H2,1H3,(H,25,26,28). The first-order valence-electron chi connectivity index (χ1n) is 9.49. The van der Waals surface area contributed by atoms with Gasteiger partial charge in [0.1, 0.15) is 11.5 Å². The van der Waals surface area contributed by atoms with Crippen molar-refractivity contribution in [2.24, 2.45) is 10.1 Å². The Morgan fingerprint density at radius 3 is 2.77 bits per heavy atom. The van der Waals surface area contributed by atoms with Gasteiger partial charge in [-0.25, -0.2) is 10.0 Å². The number of benzene rings is 2. The molecule has 0 bridgehead atoms. The smallest absolute Gasteiger partial charge is 0.276 e. The number of nitrogens with zero attached hydrogens (tertiary/aromatic N) is 3. The van der Waals surface area contributed by atoms with Crippen LogP contribution in [-0.2, 0) is 4.79 Å². The van der Waals surface area contributed by atoms with Crippen molar-refractivity contribution >= 4 is 40.1 Å². The van der Waals surface area contributed by atoms with E-state index in [0.29, 0.717) is 27.4 Å². The van der Waals surface area contributed by atoms with E-state index in [-0.39, 0.29) is 5.91 Å². The number of carbonyl (C=O) groups excluding carboxylic acids is 1. The third kappa shape index (κ3) is 3.20. The van der Waals surface area contributed by atoms with Crippen molar-refractivity contribution in [1.82, 2.24) is 10.3 Å². The Morgan fingerprint density at radius 2 is 1.93 bits per heavy atom. The van der Waals surface area contributed by atoms with E-state index in [4.69, 9.17) is 21.0 Å². The van der Waals surface area contributed by atoms with Gasteiger partial charge in [0.15, 0.2) is 10.9 Å². The van der Waals surface area contributed by atoms with Crippen LogP contribution in [0.2, 0.25) is 5.02 Å². The fraction of sp³-hybridized carbons (Fsp3) is 0.136.